The van der Waals surface area contributed by atoms with Gasteiger partial charge < -0.3 is 10.2 Å². The molecule has 17 heavy (non-hydrogen) atoms. The molecule has 98 valence electrons. The van der Waals surface area contributed by atoms with Crippen LogP contribution in [0.1, 0.15) is 33.1 Å². The Morgan fingerprint density at radius 2 is 1.59 bits per heavy atom. The van der Waals surface area contributed by atoms with Crippen molar-refractivity contribution in [3.05, 3.63) is 25.3 Å². The van der Waals surface area contributed by atoms with E-state index >= 15 is 0 Å². The van der Waals surface area contributed by atoms with Crippen molar-refractivity contribution in [2.24, 2.45) is 11.8 Å². The number of aliphatic carboxylic acids is 2. The summed E-state index contributed by atoms with van der Waals surface area (Å²) < 4.78 is 0. The molecule has 0 fully saturated rings. The molecule has 0 aromatic rings. The summed E-state index contributed by atoms with van der Waals surface area (Å²) in [5.41, 5.74) is 0. The summed E-state index contributed by atoms with van der Waals surface area (Å²) in [6.45, 7) is 10.4. The summed E-state index contributed by atoms with van der Waals surface area (Å²) in [5.74, 6) is -2.00. The van der Waals surface area contributed by atoms with Crippen molar-refractivity contribution in [1.29, 1.82) is 0 Å². The molecule has 2 atom stereocenters. The molecule has 0 aromatic carbocycles. The van der Waals surface area contributed by atoms with E-state index in [1.54, 1.807) is 19.1 Å². The monoisotopic (exact) mass is 242 g/mol. The molecule has 4 nitrogen and oxygen atoms in total. The molecular formula is C13H22O4. The number of allylic oxidation sites excluding steroid dienone is 2. The zero-order valence-electron chi connectivity index (χ0n) is 10.6. The molecule has 0 bridgehead atoms. The minimum Gasteiger partial charge on any atom is -0.481 e. The third-order valence-electron chi connectivity index (χ3n) is 2.24. The van der Waals surface area contributed by atoms with Gasteiger partial charge >= 0.3 is 11.9 Å². The molecule has 0 spiro atoms. The highest BCUT2D eigenvalue weighted by atomic mass is 16.4. The zero-order valence-corrected chi connectivity index (χ0v) is 10.6. The highest BCUT2D eigenvalue weighted by Crippen LogP contribution is 2.07. The summed E-state index contributed by atoms with van der Waals surface area (Å²) in [4.78, 5) is 20.3. The normalized spacial score (nSPS) is 12.6. The molecule has 0 radical (unpaired) electrons. The van der Waals surface area contributed by atoms with E-state index in [-0.39, 0.29) is 11.8 Å². The number of carboxylic acid groups (broad SMARTS) is 2. The Kier molecular flexibility index (Phi) is 11.4. The van der Waals surface area contributed by atoms with E-state index in [0.717, 1.165) is 0 Å². The molecule has 4 heteroatoms. The van der Waals surface area contributed by atoms with Gasteiger partial charge in [0.25, 0.3) is 0 Å². The van der Waals surface area contributed by atoms with Crippen molar-refractivity contribution in [2.75, 3.05) is 0 Å². The zero-order chi connectivity index (χ0) is 13.8. The quantitative estimate of drug-likeness (QED) is 0.673. The van der Waals surface area contributed by atoms with Crippen LogP contribution in [0.5, 0.6) is 0 Å². The first-order chi connectivity index (χ1) is 7.90. The van der Waals surface area contributed by atoms with Crippen LogP contribution in [0.25, 0.3) is 0 Å². The second-order valence-corrected chi connectivity index (χ2v) is 3.73. The van der Waals surface area contributed by atoms with Crippen LogP contribution in [0, 0.1) is 11.8 Å². The molecule has 2 N–H and O–H groups in total. The van der Waals surface area contributed by atoms with Crippen LogP contribution >= 0.6 is 0 Å². The van der Waals surface area contributed by atoms with Crippen LogP contribution in [0.4, 0.5) is 0 Å². The summed E-state index contributed by atoms with van der Waals surface area (Å²) in [6.07, 6.45) is 5.06. The maximum atomic E-state index is 10.3. The van der Waals surface area contributed by atoms with E-state index in [2.05, 4.69) is 13.2 Å². The van der Waals surface area contributed by atoms with Crippen molar-refractivity contribution < 1.29 is 19.8 Å². The Balaban J connectivity index is 0. The Hall–Kier alpha value is -1.58. The second kappa shape index (κ2) is 10.9. The number of carboxylic acids is 2. The van der Waals surface area contributed by atoms with Crippen molar-refractivity contribution >= 4 is 11.9 Å². The molecule has 0 heterocycles. The average molecular weight is 242 g/mol. The first-order valence-corrected chi connectivity index (χ1v) is 5.58. The van der Waals surface area contributed by atoms with Crippen LogP contribution < -0.4 is 0 Å². The Bertz CT molecular complexity index is 258. The fourth-order valence-corrected chi connectivity index (χ4v) is 0.994. The van der Waals surface area contributed by atoms with Crippen LogP contribution in [0.3, 0.4) is 0 Å². The van der Waals surface area contributed by atoms with Crippen LogP contribution in [0.2, 0.25) is 0 Å². The van der Waals surface area contributed by atoms with E-state index in [9.17, 15) is 9.59 Å². The Labute approximate surface area is 103 Å². The lowest BCUT2D eigenvalue weighted by molar-refractivity contribution is -0.142. The largest absolute Gasteiger partial charge is 0.481 e. The van der Waals surface area contributed by atoms with Crippen LogP contribution in [0.15, 0.2) is 25.3 Å². The molecule has 0 saturated carbocycles. The molecule has 0 rings (SSSR count). The highest BCUT2D eigenvalue weighted by molar-refractivity contribution is 5.70. The van der Waals surface area contributed by atoms with Crippen molar-refractivity contribution in [2.45, 2.75) is 33.1 Å². The highest BCUT2D eigenvalue weighted by Gasteiger charge is 2.11. The fraction of sp³-hybridized carbons (Fsp3) is 0.538. The van der Waals surface area contributed by atoms with Gasteiger partial charge in [-0.15, -0.1) is 13.2 Å². The first kappa shape index (κ1) is 17.8. The van der Waals surface area contributed by atoms with Gasteiger partial charge in [0.2, 0.25) is 0 Å². The lowest BCUT2D eigenvalue weighted by Crippen LogP contribution is -2.10. The maximum Gasteiger partial charge on any atom is 0.306 e. The molecule has 2 unspecified atom stereocenters. The van der Waals surface area contributed by atoms with Crippen LogP contribution in [-0.4, -0.2) is 22.2 Å². The van der Waals surface area contributed by atoms with E-state index < -0.39 is 11.9 Å². The molecule has 0 saturated heterocycles. The maximum absolute atomic E-state index is 10.3. The third-order valence-corrected chi connectivity index (χ3v) is 2.24. The summed E-state index contributed by atoms with van der Waals surface area (Å²) >= 11 is 0. The van der Waals surface area contributed by atoms with Gasteiger partial charge in [-0.05, 0) is 19.3 Å². The molecule has 0 aliphatic carbocycles. The molecule has 0 aromatic heterocycles. The lowest BCUT2D eigenvalue weighted by Gasteiger charge is -2.03. The van der Waals surface area contributed by atoms with Gasteiger partial charge in [0, 0.05) is 0 Å². The topological polar surface area (TPSA) is 74.6 Å². The number of hydrogen-bond donors (Lipinski definition) is 2. The van der Waals surface area contributed by atoms with E-state index in [0.29, 0.717) is 19.3 Å². The van der Waals surface area contributed by atoms with Gasteiger partial charge in [0.1, 0.15) is 0 Å². The number of hydrogen-bond acceptors (Lipinski definition) is 2. The second-order valence-electron chi connectivity index (χ2n) is 3.73. The molecule has 0 aliphatic heterocycles. The van der Waals surface area contributed by atoms with Crippen LogP contribution in [-0.2, 0) is 9.59 Å². The third kappa shape index (κ3) is 10.7. The van der Waals surface area contributed by atoms with Gasteiger partial charge in [-0.1, -0.05) is 26.0 Å². The minimum absolute atomic E-state index is 0.234. The van der Waals surface area contributed by atoms with Gasteiger partial charge in [-0.25, -0.2) is 0 Å². The van der Waals surface area contributed by atoms with E-state index in [4.69, 9.17) is 10.2 Å². The summed E-state index contributed by atoms with van der Waals surface area (Å²) in [7, 11) is 0. The molecule has 0 amide bonds. The summed E-state index contributed by atoms with van der Waals surface area (Å²) in [6, 6.07) is 0. The van der Waals surface area contributed by atoms with E-state index in [1.165, 1.54) is 0 Å². The van der Waals surface area contributed by atoms with Crippen molar-refractivity contribution in [3.8, 4) is 0 Å². The molecule has 0 aliphatic rings. The fourth-order valence-electron chi connectivity index (χ4n) is 0.994. The van der Waals surface area contributed by atoms with Crippen molar-refractivity contribution in [1.82, 2.24) is 0 Å². The van der Waals surface area contributed by atoms with Crippen molar-refractivity contribution in [3.63, 3.8) is 0 Å². The average Bonchev–Trinajstić information content (AvgIpc) is 2.26. The lowest BCUT2D eigenvalue weighted by atomic mass is 10.0. The first-order valence-electron chi connectivity index (χ1n) is 5.58. The van der Waals surface area contributed by atoms with Gasteiger partial charge in [-0.2, -0.15) is 0 Å². The SMILES string of the molecule is C=CCC(C)C(=O)O.C=CCC(CC)C(=O)O. The Morgan fingerprint density at radius 1 is 1.12 bits per heavy atom. The molecular weight excluding hydrogens is 220 g/mol. The number of carbonyl (C=O) groups is 2. The van der Waals surface area contributed by atoms with Gasteiger partial charge in [0.15, 0.2) is 0 Å². The number of rotatable bonds is 7. The minimum atomic E-state index is -0.759. The van der Waals surface area contributed by atoms with Gasteiger partial charge in [0.05, 0.1) is 11.8 Å². The van der Waals surface area contributed by atoms with Gasteiger partial charge in [-0.3, -0.25) is 9.59 Å². The standard InChI is InChI=1S/C7H12O2.C6H10O2/c1-3-5-6(4-2)7(8)9;1-3-4-5(2)6(7)8/h3,6H,1,4-5H2,2H3,(H,8,9);3,5H,1,4H2,2H3,(H,7,8). The van der Waals surface area contributed by atoms with E-state index in [1.807, 2.05) is 6.92 Å². The predicted molar refractivity (Wildman–Crippen MR) is 67.8 cm³/mol. The summed E-state index contributed by atoms with van der Waals surface area (Å²) in [5, 5.41) is 16.7. The Morgan fingerprint density at radius 3 is 1.71 bits per heavy atom. The smallest absolute Gasteiger partial charge is 0.306 e. The predicted octanol–water partition coefficient (Wildman–Crippen LogP) is 2.96.